The summed E-state index contributed by atoms with van der Waals surface area (Å²) in [6.45, 7) is 1.56. The van der Waals surface area contributed by atoms with E-state index >= 15 is 0 Å². The summed E-state index contributed by atoms with van der Waals surface area (Å²) in [6.07, 6.45) is 1.97. The number of nitrogens with zero attached hydrogens (tertiary/aromatic N) is 1. The van der Waals surface area contributed by atoms with E-state index in [0.29, 0.717) is 11.4 Å². The first-order valence-corrected chi connectivity index (χ1v) is 8.01. The van der Waals surface area contributed by atoms with Crippen molar-refractivity contribution in [2.24, 2.45) is 0 Å². The zero-order valence-corrected chi connectivity index (χ0v) is 13.9. The Labute approximate surface area is 147 Å². The van der Waals surface area contributed by atoms with E-state index in [0.717, 1.165) is 33.0 Å². The van der Waals surface area contributed by atoms with E-state index in [-0.39, 0.29) is 0 Å². The van der Waals surface area contributed by atoms with Gasteiger partial charge in [0, 0.05) is 13.1 Å². The van der Waals surface area contributed by atoms with Gasteiger partial charge in [-0.05, 0) is 25.0 Å². The average Bonchev–Trinajstić information content (AvgIpc) is 3.16. The summed E-state index contributed by atoms with van der Waals surface area (Å²) >= 11 is 0. The molecule has 1 fully saturated rings. The number of carbonyl (C=O) groups excluding carboxylic acids is 1. The standard InChI is InChI=1S/C18H16F4N2O2/c1-26-17-15(21)13(19)12(14(20)16(17)22)18(25)23-10-6-2-3-7-11(10)24-8-4-5-9-24/h2-3,6-7H,4-5,8-9H2,1H3,(H,23,25). The molecule has 3 rings (SSSR count). The fraction of sp³-hybridized carbons (Fsp3) is 0.278. The molecule has 1 heterocycles. The van der Waals surface area contributed by atoms with Crippen molar-refractivity contribution in [3.8, 4) is 5.75 Å². The predicted octanol–water partition coefficient (Wildman–Crippen LogP) is 4.10. The second-order valence-corrected chi connectivity index (χ2v) is 5.83. The number of hydrogen-bond donors (Lipinski definition) is 1. The Morgan fingerprint density at radius 1 is 1.00 bits per heavy atom. The van der Waals surface area contributed by atoms with Crippen LogP contribution in [0.5, 0.6) is 5.75 Å². The van der Waals surface area contributed by atoms with Gasteiger partial charge in [-0.2, -0.15) is 8.78 Å². The maximum Gasteiger partial charge on any atom is 0.261 e. The van der Waals surface area contributed by atoms with Gasteiger partial charge in [0.05, 0.1) is 18.5 Å². The normalized spacial score (nSPS) is 13.8. The van der Waals surface area contributed by atoms with Crippen LogP contribution in [0.15, 0.2) is 24.3 Å². The highest BCUT2D eigenvalue weighted by Gasteiger charge is 2.30. The van der Waals surface area contributed by atoms with Crippen molar-refractivity contribution in [1.29, 1.82) is 0 Å². The van der Waals surface area contributed by atoms with Crippen molar-refractivity contribution in [1.82, 2.24) is 0 Å². The molecule has 8 heteroatoms. The Kier molecular flexibility index (Phi) is 5.01. The molecular weight excluding hydrogens is 352 g/mol. The Morgan fingerprint density at radius 3 is 2.15 bits per heavy atom. The van der Waals surface area contributed by atoms with Crippen LogP contribution < -0.4 is 15.0 Å². The first-order chi connectivity index (χ1) is 12.5. The molecule has 0 atom stereocenters. The minimum absolute atomic E-state index is 0.301. The third kappa shape index (κ3) is 3.07. The first-order valence-electron chi connectivity index (χ1n) is 8.01. The Hall–Kier alpha value is -2.77. The molecule has 1 amide bonds. The molecule has 0 radical (unpaired) electrons. The van der Waals surface area contributed by atoms with Crippen LogP contribution >= 0.6 is 0 Å². The fourth-order valence-corrected chi connectivity index (χ4v) is 2.99. The summed E-state index contributed by atoms with van der Waals surface area (Å²) in [5.41, 5.74) is -0.361. The third-order valence-electron chi connectivity index (χ3n) is 4.25. The topological polar surface area (TPSA) is 41.6 Å². The zero-order valence-electron chi connectivity index (χ0n) is 13.9. The Bertz CT molecular complexity index is 822. The van der Waals surface area contributed by atoms with Gasteiger partial charge in [0.15, 0.2) is 17.4 Å². The predicted molar refractivity (Wildman–Crippen MR) is 88.7 cm³/mol. The van der Waals surface area contributed by atoms with E-state index < -0.39 is 40.5 Å². The van der Waals surface area contributed by atoms with E-state index in [4.69, 9.17) is 0 Å². The molecule has 2 aromatic rings. The molecule has 1 N–H and O–H groups in total. The summed E-state index contributed by atoms with van der Waals surface area (Å²) in [5.74, 6) is -9.64. The van der Waals surface area contributed by atoms with E-state index in [1.165, 1.54) is 0 Å². The second kappa shape index (κ2) is 7.23. The van der Waals surface area contributed by atoms with Crippen LogP contribution in [0, 0.1) is 23.3 Å². The SMILES string of the molecule is COc1c(F)c(F)c(C(=O)Nc2ccccc2N2CCCC2)c(F)c1F. The molecule has 138 valence electrons. The quantitative estimate of drug-likeness (QED) is 0.653. The minimum atomic E-state index is -1.81. The van der Waals surface area contributed by atoms with Crippen LogP contribution in [0.25, 0.3) is 0 Å². The number of benzene rings is 2. The van der Waals surface area contributed by atoms with Crippen LogP contribution in [0.3, 0.4) is 0 Å². The lowest BCUT2D eigenvalue weighted by molar-refractivity contribution is 0.101. The van der Waals surface area contributed by atoms with Gasteiger partial charge >= 0.3 is 0 Å². The molecule has 0 spiro atoms. The lowest BCUT2D eigenvalue weighted by atomic mass is 10.1. The number of amides is 1. The van der Waals surface area contributed by atoms with E-state index in [2.05, 4.69) is 10.1 Å². The number of para-hydroxylation sites is 2. The maximum absolute atomic E-state index is 14.1. The molecule has 0 bridgehead atoms. The van der Waals surface area contributed by atoms with Gasteiger partial charge in [-0.25, -0.2) is 8.78 Å². The van der Waals surface area contributed by atoms with E-state index in [1.54, 1.807) is 24.3 Å². The number of anilines is 2. The molecule has 0 unspecified atom stereocenters. The van der Waals surface area contributed by atoms with Crippen molar-refractivity contribution in [3.63, 3.8) is 0 Å². The van der Waals surface area contributed by atoms with E-state index in [1.807, 2.05) is 4.90 Å². The van der Waals surface area contributed by atoms with Gasteiger partial charge in [-0.1, -0.05) is 12.1 Å². The highest BCUT2D eigenvalue weighted by atomic mass is 19.2. The zero-order chi connectivity index (χ0) is 18.8. The van der Waals surface area contributed by atoms with E-state index in [9.17, 15) is 22.4 Å². The molecule has 0 aromatic heterocycles. The lowest BCUT2D eigenvalue weighted by Crippen LogP contribution is -2.23. The summed E-state index contributed by atoms with van der Waals surface area (Å²) in [5, 5.41) is 2.34. The third-order valence-corrected chi connectivity index (χ3v) is 4.25. The summed E-state index contributed by atoms with van der Waals surface area (Å²) in [7, 11) is 0.867. The number of ether oxygens (including phenoxy) is 1. The summed E-state index contributed by atoms with van der Waals surface area (Å²) in [4.78, 5) is 14.4. The van der Waals surface area contributed by atoms with Crippen LogP contribution in [0.2, 0.25) is 0 Å². The molecule has 0 saturated carbocycles. The molecule has 2 aromatic carbocycles. The van der Waals surface area contributed by atoms with Crippen molar-refractivity contribution < 1.29 is 27.1 Å². The molecule has 1 aliphatic rings. The molecule has 1 aliphatic heterocycles. The van der Waals surface area contributed by atoms with Gasteiger partial charge in [-0.3, -0.25) is 4.79 Å². The summed E-state index contributed by atoms with van der Waals surface area (Å²) < 4.78 is 60.2. The van der Waals surface area contributed by atoms with Crippen LogP contribution in [0.1, 0.15) is 23.2 Å². The highest BCUT2D eigenvalue weighted by Crippen LogP contribution is 2.32. The monoisotopic (exact) mass is 368 g/mol. The van der Waals surface area contributed by atoms with Gasteiger partial charge < -0.3 is 15.0 Å². The Balaban J connectivity index is 1.97. The lowest BCUT2D eigenvalue weighted by Gasteiger charge is -2.21. The highest BCUT2D eigenvalue weighted by molar-refractivity contribution is 6.06. The number of rotatable bonds is 4. The van der Waals surface area contributed by atoms with Crippen LogP contribution in [0.4, 0.5) is 28.9 Å². The molecule has 26 heavy (non-hydrogen) atoms. The second-order valence-electron chi connectivity index (χ2n) is 5.83. The summed E-state index contributed by atoms with van der Waals surface area (Å²) in [6, 6.07) is 6.70. The molecule has 1 saturated heterocycles. The maximum atomic E-state index is 14.1. The average molecular weight is 368 g/mol. The Morgan fingerprint density at radius 2 is 1.58 bits per heavy atom. The number of halogens is 4. The molecular formula is C18H16F4N2O2. The van der Waals surface area contributed by atoms with Crippen molar-refractivity contribution in [3.05, 3.63) is 53.1 Å². The number of hydrogen-bond acceptors (Lipinski definition) is 3. The fourth-order valence-electron chi connectivity index (χ4n) is 2.99. The first kappa shape index (κ1) is 18.0. The van der Waals surface area contributed by atoms with Gasteiger partial charge in [0.2, 0.25) is 11.6 Å². The van der Waals surface area contributed by atoms with Gasteiger partial charge in [-0.15, -0.1) is 0 Å². The molecule has 4 nitrogen and oxygen atoms in total. The number of methoxy groups -OCH3 is 1. The van der Waals surface area contributed by atoms with Crippen LogP contribution in [-0.2, 0) is 0 Å². The largest absolute Gasteiger partial charge is 0.491 e. The van der Waals surface area contributed by atoms with Gasteiger partial charge in [0.25, 0.3) is 5.91 Å². The number of carbonyl (C=O) groups is 1. The van der Waals surface area contributed by atoms with Crippen molar-refractivity contribution in [2.75, 3.05) is 30.4 Å². The smallest absolute Gasteiger partial charge is 0.261 e. The van der Waals surface area contributed by atoms with Gasteiger partial charge in [0.1, 0.15) is 5.56 Å². The number of nitrogens with one attached hydrogen (secondary N) is 1. The van der Waals surface area contributed by atoms with Crippen molar-refractivity contribution in [2.45, 2.75) is 12.8 Å². The van der Waals surface area contributed by atoms with Crippen molar-refractivity contribution >= 4 is 17.3 Å². The molecule has 0 aliphatic carbocycles. The minimum Gasteiger partial charge on any atom is -0.491 e. The van der Waals surface area contributed by atoms with Crippen LogP contribution in [-0.4, -0.2) is 26.1 Å².